The molecule has 0 saturated heterocycles. The molecule has 4 aromatic rings. The van der Waals surface area contributed by atoms with Crippen molar-refractivity contribution in [3.8, 4) is 0 Å². The topological polar surface area (TPSA) is 76.4 Å². The van der Waals surface area contributed by atoms with Crippen LogP contribution in [0.2, 0.25) is 0 Å². The molecule has 2 aromatic carbocycles. The number of thiophene rings is 1. The van der Waals surface area contributed by atoms with E-state index < -0.39 is 6.10 Å². The molecule has 2 heterocycles. The maximum atomic E-state index is 13.0. The SMILES string of the molecule is O=C(Cc1nc2ccccc2n1CC(O)COCc1cccs1)NCc1ccc(F)cc1. The average Bonchev–Trinajstić information content (AvgIpc) is 3.42. The predicted octanol–water partition coefficient (Wildman–Crippen LogP) is 3.67. The van der Waals surface area contributed by atoms with Gasteiger partial charge in [-0.25, -0.2) is 9.37 Å². The number of nitrogens with zero attached hydrogens (tertiary/aromatic N) is 2. The first kappa shape index (κ1) is 22.1. The zero-order valence-corrected chi connectivity index (χ0v) is 18.2. The van der Waals surface area contributed by atoms with Crippen LogP contribution in [-0.4, -0.2) is 33.3 Å². The van der Waals surface area contributed by atoms with Gasteiger partial charge in [-0.1, -0.05) is 30.3 Å². The van der Waals surface area contributed by atoms with Crippen LogP contribution in [0, 0.1) is 5.82 Å². The number of fused-ring (bicyclic) bond motifs is 1. The highest BCUT2D eigenvalue weighted by Crippen LogP contribution is 2.18. The summed E-state index contributed by atoms with van der Waals surface area (Å²) in [6, 6.07) is 17.5. The minimum atomic E-state index is -0.742. The number of para-hydroxylation sites is 2. The average molecular weight is 454 g/mol. The number of benzene rings is 2. The summed E-state index contributed by atoms with van der Waals surface area (Å²) < 4.78 is 20.6. The molecule has 2 N–H and O–H groups in total. The van der Waals surface area contributed by atoms with E-state index in [-0.39, 0.29) is 31.3 Å². The van der Waals surface area contributed by atoms with Gasteiger partial charge in [0.05, 0.1) is 43.3 Å². The Kier molecular flexibility index (Phi) is 7.26. The second-order valence-corrected chi connectivity index (χ2v) is 8.49. The van der Waals surface area contributed by atoms with E-state index in [0.29, 0.717) is 19.0 Å². The first-order chi connectivity index (χ1) is 15.6. The molecule has 0 spiro atoms. The Hall–Kier alpha value is -3.07. The summed E-state index contributed by atoms with van der Waals surface area (Å²) in [6.45, 7) is 1.21. The monoisotopic (exact) mass is 453 g/mol. The molecule has 166 valence electrons. The summed E-state index contributed by atoms with van der Waals surface area (Å²) in [5, 5.41) is 15.4. The van der Waals surface area contributed by atoms with Gasteiger partial charge in [0.1, 0.15) is 11.6 Å². The molecule has 2 aromatic heterocycles. The number of carbonyl (C=O) groups is 1. The van der Waals surface area contributed by atoms with Crippen molar-refractivity contribution in [2.24, 2.45) is 0 Å². The van der Waals surface area contributed by atoms with Crippen molar-refractivity contribution in [3.63, 3.8) is 0 Å². The summed E-state index contributed by atoms with van der Waals surface area (Å²) in [4.78, 5) is 18.2. The molecule has 8 heteroatoms. The molecule has 1 amide bonds. The van der Waals surface area contributed by atoms with Crippen LogP contribution in [0.25, 0.3) is 11.0 Å². The van der Waals surface area contributed by atoms with Crippen LogP contribution in [-0.2, 0) is 35.6 Å². The lowest BCUT2D eigenvalue weighted by Gasteiger charge is -2.15. The summed E-state index contributed by atoms with van der Waals surface area (Å²) in [6.07, 6.45) is -0.674. The molecule has 0 radical (unpaired) electrons. The van der Waals surface area contributed by atoms with Crippen LogP contribution in [0.1, 0.15) is 16.3 Å². The van der Waals surface area contributed by atoms with E-state index in [1.165, 1.54) is 12.1 Å². The van der Waals surface area contributed by atoms with Gasteiger partial charge in [0.2, 0.25) is 5.91 Å². The lowest BCUT2D eigenvalue weighted by molar-refractivity contribution is -0.120. The molecule has 0 bridgehead atoms. The fraction of sp³-hybridized carbons (Fsp3) is 0.250. The minimum Gasteiger partial charge on any atom is -0.389 e. The third-order valence-corrected chi connectivity index (χ3v) is 5.83. The molecular formula is C24H24FN3O3S. The van der Waals surface area contributed by atoms with Crippen LogP contribution in [0.4, 0.5) is 4.39 Å². The highest BCUT2D eigenvalue weighted by molar-refractivity contribution is 7.09. The van der Waals surface area contributed by atoms with E-state index in [1.807, 2.05) is 46.3 Å². The van der Waals surface area contributed by atoms with Gasteiger partial charge in [0, 0.05) is 11.4 Å². The van der Waals surface area contributed by atoms with Gasteiger partial charge in [0.15, 0.2) is 0 Å². The number of aromatic nitrogens is 2. The number of aliphatic hydroxyl groups excluding tert-OH is 1. The predicted molar refractivity (Wildman–Crippen MR) is 122 cm³/mol. The number of hydrogen-bond acceptors (Lipinski definition) is 5. The number of carbonyl (C=O) groups excluding carboxylic acids is 1. The first-order valence-corrected chi connectivity index (χ1v) is 11.2. The van der Waals surface area contributed by atoms with Crippen molar-refractivity contribution in [1.82, 2.24) is 14.9 Å². The van der Waals surface area contributed by atoms with E-state index in [9.17, 15) is 14.3 Å². The first-order valence-electron chi connectivity index (χ1n) is 10.3. The number of amides is 1. The minimum absolute atomic E-state index is 0.0681. The van der Waals surface area contributed by atoms with Crippen molar-refractivity contribution < 1.29 is 19.0 Å². The molecular weight excluding hydrogens is 429 g/mol. The number of ether oxygens (including phenoxy) is 1. The van der Waals surface area contributed by atoms with Crippen LogP contribution in [0.3, 0.4) is 0 Å². The van der Waals surface area contributed by atoms with Crippen LogP contribution in [0.5, 0.6) is 0 Å². The fourth-order valence-electron chi connectivity index (χ4n) is 3.43. The molecule has 0 aliphatic heterocycles. The van der Waals surface area contributed by atoms with Crippen molar-refractivity contribution in [2.75, 3.05) is 6.61 Å². The zero-order valence-electron chi connectivity index (χ0n) is 17.4. The van der Waals surface area contributed by atoms with Crippen molar-refractivity contribution in [3.05, 3.63) is 88.1 Å². The lowest BCUT2D eigenvalue weighted by Crippen LogP contribution is -2.28. The molecule has 1 unspecified atom stereocenters. The number of halogens is 1. The second kappa shape index (κ2) is 10.5. The Balaban J connectivity index is 1.40. The maximum absolute atomic E-state index is 13.0. The number of aliphatic hydroxyl groups is 1. The molecule has 6 nitrogen and oxygen atoms in total. The fourth-order valence-corrected chi connectivity index (χ4v) is 4.07. The zero-order chi connectivity index (χ0) is 22.3. The van der Waals surface area contributed by atoms with Gasteiger partial charge in [-0.2, -0.15) is 0 Å². The summed E-state index contributed by atoms with van der Waals surface area (Å²) >= 11 is 1.61. The number of imidazole rings is 1. The quantitative estimate of drug-likeness (QED) is 0.384. The molecule has 32 heavy (non-hydrogen) atoms. The molecule has 4 rings (SSSR count). The Morgan fingerprint density at radius 3 is 2.75 bits per heavy atom. The number of nitrogens with one attached hydrogen (secondary N) is 1. The van der Waals surface area contributed by atoms with Crippen molar-refractivity contribution in [2.45, 2.75) is 32.2 Å². The van der Waals surface area contributed by atoms with Crippen molar-refractivity contribution in [1.29, 1.82) is 0 Å². The Bertz CT molecular complexity index is 1160. The highest BCUT2D eigenvalue weighted by Gasteiger charge is 2.17. The third-order valence-electron chi connectivity index (χ3n) is 4.98. The Morgan fingerprint density at radius 1 is 1.16 bits per heavy atom. The largest absolute Gasteiger partial charge is 0.389 e. The standard InChI is InChI=1S/C24H24FN3O3S/c25-18-9-7-17(8-10-18)13-26-24(30)12-23-27-21-5-1-2-6-22(21)28(23)14-19(29)15-31-16-20-4-3-11-32-20/h1-11,19,29H,12-16H2,(H,26,30). The van der Waals surface area contributed by atoms with Crippen LogP contribution >= 0.6 is 11.3 Å². The second-order valence-electron chi connectivity index (χ2n) is 7.46. The van der Waals surface area contributed by atoms with Gasteiger partial charge in [-0.05, 0) is 41.3 Å². The van der Waals surface area contributed by atoms with E-state index in [0.717, 1.165) is 21.5 Å². The third kappa shape index (κ3) is 5.79. The molecule has 0 aliphatic rings. The molecule has 0 fully saturated rings. The van der Waals surface area contributed by atoms with E-state index >= 15 is 0 Å². The van der Waals surface area contributed by atoms with Crippen LogP contribution in [0.15, 0.2) is 66.0 Å². The summed E-state index contributed by atoms with van der Waals surface area (Å²) in [7, 11) is 0. The number of rotatable bonds is 10. The van der Waals surface area contributed by atoms with Gasteiger partial charge in [-0.15, -0.1) is 11.3 Å². The Morgan fingerprint density at radius 2 is 1.97 bits per heavy atom. The van der Waals surface area contributed by atoms with E-state index in [2.05, 4.69) is 10.3 Å². The lowest BCUT2D eigenvalue weighted by atomic mass is 10.2. The van der Waals surface area contributed by atoms with E-state index in [1.54, 1.807) is 23.5 Å². The maximum Gasteiger partial charge on any atom is 0.227 e. The summed E-state index contributed by atoms with van der Waals surface area (Å²) in [5.74, 6) is 0.0566. The smallest absolute Gasteiger partial charge is 0.227 e. The normalized spacial score (nSPS) is 12.2. The summed E-state index contributed by atoms with van der Waals surface area (Å²) in [5.41, 5.74) is 2.43. The van der Waals surface area contributed by atoms with Gasteiger partial charge >= 0.3 is 0 Å². The number of hydrogen-bond donors (Lipinski definition) is 2. The van der Waals surface area contributed by atoms with Gasteiger partial charge < -0.3 is 19.7 Å². The molecule has 1 atom stereocenters. The van der Waals surface area contributed by atoms with Gasteiger partial charge in [0.25, 0.3) is 0 Å². The Labute approximate surface area is 189 Å². The van der Waals surface area contributed by atoms with Crippen molar-refractivity contribution >= 4 is 28.3 Å². The van der Waals surface area contributed by atoms with Crippen LogP contribution < -0.4 is 5.32 Å². The van der Waals surface area contributed by atoms with E-state index in [4.69, 9.17) is 4.74 Å². The van der Waals surface area contributed by atoms with Gasteiger partial charge in [-0.3, -0.25) is 4.79 Å². The highest BCUT2D eigenvalue weighted by atomic mass is 32.1. The molecule has 0 saturated carbocycles. The molecule has 0 aliphatic carbocycles.